The summed E-state index contributed by atoms with van der Waals surface area (Å²) in [6, 6.07) is 1.94. The predicted octanol–water partition coefficient (Wildman–Crippen LogP) is 2.04. The molecule has 4 nitrogen and oxygen atoms in total. The number of carbonyl (C=O) groups excluding carboxylic acids is 1. The predicted molar refractivity (Wildman–Crippen MR) is 71.6 cm³/mol. The fraction of sp³-hybridized carbons (Fsp3) is 0.462. The number of ether oxygens (including phenoxy) is 1. The molecule has 0 radical (unpaired) electrons. The maximum absolute atomic E-state index is 13.3. The van der Waals surface area contributed by atoms with Gasteiger partial charge in [-0.2, -0.15) is 4.39 Å². The first kappa shape index (κ1) is 16.9. The smallest absolute Gasteiger partial charge is 0.200 e. The third kappa shape index (κ3) is 4.43. The molecule has 2 N–H and O–H groups in total. The van der Waals surface area contributed by atoms with E-state index >= 15 is 0 Å². The summed E-state index contributed by atoms with van der Waals surface area (Å²) in [5.74, 6) is -2.33. The van der Waals surface area contributed by atoms with Crippen LogP contribution in [0.1, 0.15) is 25.0 Å². The molecule has 112 valence electrons. The SMILES string of the molecule is COc1cc(C(O)C(O)CCSC(C)=O)cc(F)c1F. The number of thioether (sulfide) groups is 1. The first-order valence-electron chi connectivity index (χ1n) is 5.89. The van der Waals surface area contributed by atoms with Crippen molar-refractivity contribution in [3.05, 3.63) is 29.3 Å². The standard InChI is InChI=1S/C13H16F2O4S/c1-7(16)20-4-3-10(17)13(18)8-5-9(14)12(15)11(6-8)19-2/h5-6,10,13,17-18H,3-4H2,1-2H3. The Balaban J connectivity index is 2.78. The van der Waals surface area contributed by atoms with E-state index in [-0.39, 0.29) is 22.8 Å². The Hall–Kier alpha value is -1.18. The van der Waals surface area contributed by atoms with Gasteiger partial charge in [-0.25, -0.2) is 4.39 Å². The third-order valence-corrected chi connectivity index (χ3v) is 3.51. The minimum atomic E-state index is -1.38. The van der Waals surface area contributed by atoms with Crippen molar-refractivity contribution in [3.63, 3.8) is 0 Å². The molecule has 1 aromatic carbocycles. The summed E-state index contributed by atoms with van der Waals surface area (Å²) in [6.45, 7) is 1.40. The van der Waals surface area contributed by atoms with Crippen molar-refractivity contribution < 1.29 is 28.5 Å². The molecule has 0 saturated carbocycles. The lowest BCUT2D eigenvalue weighted by molar-refractivity contribution is -0.109. The van der Waals surface area contributed by atoms with Gasteiger partial charge in [-0.05, 0) is 24.1 Å². The summed E-state index contributed by atoms with van der Waals surface area (Å²) in [5, 5.41) is 19.6. The molecule has 0 amide bonds. The minimum Gasteiger partial charge on any atom is -0.494 e. The molecule has 0 aliphatic carbocycles. The van der Waals surface area contributed by atoms with E-state index in [1.54, 1.807) is 0 Å². The lowest BCUT2D eigenvalue weighted by atomic mass is 10.0. The van der Waals surface area contributed by atoms with Crippen molar-refractivity contribution in [2.45, 2.75) is 25.6 Å². The number of carbonyl (C=O) groups is 1. The minimum absolute atomic E-state index is 0.0149. The Bertz CT molecular complexity index is 482. The maximum atomic E-state index is 13.3. The molecule has 1 rings (SSSR count). The van der Waals surface area contributed by atoms with Crippen LogP contribution in [-0.4, -0.2) is 34.3 Å². The lowest BCUT2D eigenvalue weighted by Crippen LogP contribution is -2.19. The molecule has 0 bridgehead atoms. The lowest BCUT2D eigenvalue weighted by Gasteiger charge is -2.18. The van der Waals surface area contributed by atoms with Crippen LogP contribution in [-0.2, 0) is 4.79 Å². The largest absolute Gasteiger partial charge is 0.494 e. The van der Waals surface area contributed by atoms with Crippen LogP contribution >= 0.6 is 11.8 Å². The Morgan fingerprint density at radius 2 is 2.05 bits per heavy atom. The van der Waals surface area contributed by atoms with Crippen LogP contribution in [0.5, 0.6) is 5.75 Å². The first-order valence-corrected chi connectivity index (χ1v) is 6.87. The van der Waals surface area contributed by atoms with E-state index in [1.807, 2.05) is 0 Å². The van der Waals surface area contributed by atoms with Crippen molar-refractivity contribution >= 4 is 16.9 Å². The number of benzene rings is 1. The molecule has 2 atom stereocenters. The van der Waals surface area contributed by atoms with E-state index in [9.17, 15) is 23.8 Å². The van der Waals surface area contributed by atoms with Crippen LogP contribution in [0.4, 0.5) is 8.78 Å². The molecule has 0 aliphatic rings. The number of aliphatic hydroxyl groups is 2. The van der Waals surface area contributed by atoms with Crippen LogP contribution in [0.3, 0.4) is 0 Å². The first-order chi connectivity index (χ1) is 9.36. The normalized spacial score (nSPS) is 13.9. The Morgan fingerprint density at radius 1 is 1.40 bits per heavy atom. The average molecular weight is 306 g/mol. The Morgan fingerprint density at radius 3 is 2.60 bits per heavy atom. The molecule has 7 heteroatoms. The quantitative estimate of drug-likeness (QED) is 0.842. The highest BCUT2D eigenvalue weighted by atomic mass is 32.2. The van der Waals surface area contributed by atoms with Gasteiger partial charge in [0.15, 0.2) is 16.7 Å². The molecule has 0 heterocycles. The molecule has 20 heavy (non-hydrogen) atoms. The number of aliphatic hydroxyl groups excluding tert-OH is 2. The van der Waals surface area contributed by atoms with Gasteiger partial charge in [-0.15, -0.1) is 0 Å². The van der Waals surface area contributed by atoms with E-state index in [2.05, 4.69) is 4.74 Å². The average Bonchev–Trinajstić information content (AvgIpc) is 2.40. The molecule has 0 fully saturated rings. The molecule has 0 spiro atoms. The second-order valence-corrected chi connectivity index (χ2v) is 5.43. The Kier molecular flexibility index (Phi) is 6.38. The highest BCUT2D eigenvalue weighted by Crippen LogP contribution is 2.28. The van der Waals surface area contributed by atoms with E-state index in [0.717, 1.165) is 23.9 Å². The van der Waals surface area contributed by atoms with E-state index < -0.39 is 23.8 Å². The third-order valence-electron chi connectivity index (χ3n) is 2.66. The summed E-state index contributed by atoms with van der Waals surface area (Å²) < 4.78 is 31.2. The second kappa shape index (κ2) is 7.56. The number of methoxy groups -OCH3 is 1. The van der Waals surface area contributed by atoms with Gasteiger partial charge in [0.2, 0.25) is 5.82 Å². The number of hydrogen-bond acceptors (Lipinski definition) is 5. The number of rotatable bonds is 6. The van der Waals surface area contributed by atoms with E-state index in [0.29, 0.717) is 5.75 Å². The van der Waals surface area contributed by atoms with E-state index in [1.165, 1.54) is 14.0 Å². The van der Waals surface area contributed by atoms with Crippen molar-refractivity contribution in [3.8, 4) is 5.75 Å². The van der Waals surface area contributed by atoms with Gasteiger partial charge in [0, 0.05) is 12.7 Å². The second-order valence-electron chi connectivity index (χ2n) is 4.16. The number of halogens is 2. The van der Waals surface area contributed by atoms with Gasteiger partial charge in [-0.1, -0.05) is 11.8 Å². The summed E-state index contributed by atoms with van der Waals surface area (Å²) in [6.07, 6.45) is -2.42. The van der Waals surface area contributed by atoms with Gasteiger partial charge < -0.3 is 14.9 Å². The van der Waals surface area contributed by atoms with Crippen molar-refractivity contribution in [2.24, 2.45) is 0 Å². The van der Waals surface area contributed by atoms with Gasteiger partial charge in [0.1, 0.15) is 6.10 Å². The van der Waals surface area contributed by atoms with Gasteiger partial charge in [0.25, 0.3) is 0 Å². The molecular formula is C13H16F2O4S. The van der Waals surface area contributed by atoms with Gasteiger partial charge in [0.05, 0.1) is 13.2 Å². The van der Waals surface area contributed by atoms with E-state index in [4.69, 9.17) is 0 Å². The van der Waals surface area contributed by atoms with Crippen LogP contribution in [0.25, 0.3) is 0 Å². The van der Waals surface area contributed by atoms with Crippen molar-refractivity contribution in [1.82, 2.24) is 0 Å². The zero-order chi connectivity index (χ0) is 15.3. The fourth-order valence-electron chi connectivity index (χ4n) is 1.61. The molecular weight excluding hydrogens is 290 g/mol. The molecule has 1 aromatic rings. The fourth-order valence-corrected chi connectivity index (χ4v) is 2.25. The monoisotopic (exact) mass is 306 g/mol. The van der Waals surface area contributed by atoms with Crippen LogP contribution in [0, 0.1) is 11.6 Å². The van der Waals surface area contributed by atoms with Gasteiger partial charge in [-0.3, -0.25) is 4.79 Å². The summed E-state index contributed by atoms with van der Waals surface area (Å²) in [5.41, 5.74) is 0.0149. The molecule has 0 aliphatic heterocycles. The van der Waals surface area contributed by atoms with Crippen LogP contribution in [0.2, 0.25) is 0 Å². The van der Waals surface area contributed by atoms with Crippen molar-refractivity contribution in [1.29, 1.82) is 0 Å². The maximum Gasteiger partial charge on any atom is 0.200 e. The van der Waals surface area contributed by atoms with Crippen LogP contribution < -0.4 is 4.74 Å². The highest BCUT2D eigenvalue weighted by Gasteiger charge is 2.22. The Labute approximate surface area is 119 Å². The molecule has 0 aromatic heterocycles. The summed E-state index contributed by atoms with van der Waals surface area (Å²) in [7, 11) is 1.17. The van der Waals surface area contributed by atoms with Gasteiger partial charge >= 0.3 is 0 Å². The van der Waals surface area contributed by atoms with Crippen molar-refractivity contribution in [2.75, 3.05) is 12.9 Å². The summed E-state index contributed by atoms with van der Waals surface area (Å²) in [4.78, 5) is 10.7. The highest BCUT2D eigenvalue weighted by molar-refractivity contribution is 8.13. The number of hydrogen-bond donors (Lipinski definition) is 2. The topological polar surface area (TPSA) is 66.8 Å². The van der Waals surface area contributed by atoms with Crippen LogP contribution in [0.15, 0.2) is 12.1 Å². The zero-order valence-electron chi connectivity index (χ0n) is 11.1. The summed E-state index contributed by atoms with van der Waals surface area (Å²) >= 11 is 1.02. The molecule has 0 saturated heterocycles. The molecule has 2 unspecified atom stereocenters. The zero-order valence-corrected chi connectivity index (χ0v) is 11.9.